The molecule has 1 amide bonds. The van der Waals surface area contributed by atoms with Crippen LogP contribution in [0.2, 0.25) is 0 Å². The first-order chi connectivity index (χ1) is 14.1. The third-order valence-corrected chi connectivity index (χ3v) is 4.03. The molecule has 0 aliphatic rings. The lowest BCUT2D eigenvalue weighted by molar-refractivity contribution is -0.118. The first-order valence-electron chi connectivity index (χ1n) is 9.15. The van der Waals surface area contributed by atoms with Gasteiger partial charge in [-0.2, -0.15) is 5.10 Å². The third-order valence-electron chi connectivity index (χ3n) is 4.03. The van der Waals surface area contributed by atoms with Gasteiger partial charge in [-0.05, 0) is 60.5 Å². The maximum absolute atomic E-state index is 12.1. The van der Waals surface area contributed by atoms with Crippen molar-refractivity contribution in [1.29, 1.82) is 0 Å². The second-order valence-corrected chi connectivity index (χ2v) is 6.35. The van der Waals surface area contributed by atoms with Crippen LogP contribution in [0.25, 0.3) is 0 Å². The summed E-state index contributed by atoms with van der Waals surface area (Å²) < 4.78 is 11.0. The van der Waals surface area contributed by atoms with E-state index < -0.39 is 0 Å². The maximum atomic E-state index is 12.1. The predicted molar refractivity (Wildman–Crippen MR) is 116 cm³/mol. The topological polar surface area (TPSA) is 71.9 Å². The standard InChI is InChI=1S/C23H23N3O3/c1-17-7-6-10-20(13-17)25-23(27)16-29-21-12-11-18(14-22(21)28-2)15-24-26-19-8-4-3-5-9-19/h3-15,26H,16H2,1-2H3,(H,25,27)/b24-15-. The Morgan fingerprint density at radius 2 is 1.76 bits per heavy atom. The average molecular weight is 389 g/mol. The number of carbonyl (C=O) groups is 1. The van der Waals surface area contributed by atoms with Gasteiger partial charge >= 0.3 is 0 Å². The number of nitrogens with one attached hydrogen (secondary N) is 2. The summed E-state index contributed by atoms with van der Waals surface area (Å²) in [5.41, 5.74) is 6.50. The highest BCUT2D eigenvalue weighted by atomic mass is 16.5. The Kier molecular flexibility index (Phi) is 6.84. The first-order valence-corrected chi connectivity index (χ1v) is 9.15. The van der Waals surface area contributed by atoms with Crippen molar-refractivity contribution in [2.45, 2.75) is 6.92 Å². The van der Waals surface area contributed by atoms with Gasteiger partial charge in [0.25, 0.3) is 5.91 Å². The number of ether oxygens (including phenoxy) is 2. The fraction of sp³-hybridized carbons (Fsp3) is 0.130. The van der Waals surface area contributed by atoms with Gasteiger partial charge in [-0.3, -0.25) is 10.2 Å². The number of para-hydroxylation sites is 1. The fourth-order valence-corrected chi connectivity index (χ4v) is 2.64. The molecule has 6 heteroatoms. The fourth-order valence-electron chi connectivity index (χ4n) is 2.64. The smallest absolute Gasteiger partial charge is 0.262 e. The number of amides is 1. The summed E-state index contributed by atoms with van der Waals surface area (Å²) in [5.74, 6) is 0.771. The first kappa shape index (κ1) is 19.9. The minimum atomic E-state index is -0.240. The van der Waals surface area contributed by atoms with Crippen LogP contribution in [0, 0.1) is 6.92 Å². The Labute approximate surface area is 170 Å². The number of benzene rings is 3. The Hall–Kier alpha value is -3.80. The summed E-state index contributed by atoms with van der Waals surface area (Å²) in [7, 11) is 1.55. The molecular formula is C23H23N3O3. The summed E-state index contributed by atoms with van der Waals surface area (Å²) in [6.45, 7) is 1.85. The van der Waals surface area contributed by atoms with Crippen LogP contribution in [0.1, 0.15) is 11.1 Å². The van der Waals surface area contributed by atoms with Crippen molar-refractivity contribution in [2.75, 3.05) is 24.5 Å². The molecule has 29 heavy (non-hydrogen) atoms. The number of rotatable bonds is 8. The molecule has 0 fully saturated rings. The van der Waals surface area contributed by atoms with E-state index in [0.29, 0.717) is 11.5 Å². The number of hydrogen-bond acceptors (Lipinski definition) is 5. The maximum Gasteiger partial charge on any atom is 0.262 e. The molecule has 0 radical (unpaired) electrons. The molecule has 2 N–H and O–H groups in total. The normalized spacial score (nSPS) is 10.6. The van der Waals surface area contributed by atoms with Crippen molar-refractivity contribution in [1.82, 2.24) is 0 Å². The van der Waals surface area contributed by atoms with E-state index in [0.717, 1.165) is 22.5 Å². The Morgan fingerprint density at radius 3 is 2.52 bits per heavy atom. The zero-order chi connectivity index (χ0) is 20.5. The lowest BCUT2D eigenvalue weighted by Crippen LogP contribution is -2.20. The van der Waals surface area contributed by atoms with Gasteiger partial charge in [-0.1, -0.05) is 30.3 Å². The van der Waals surface area contributed by atoms with Gasteiger partial charge in [0.15, 0.2) is 18.1 Å². The monoisotopic (exact) mass is 389 g/mol. The number of carbonyl (C=O) groups excluding carboxylic acids is 1. The van der Waals surface area contributed by atoms with E-state index in [4.69, 9.17) is 9.47 Å². The SMILES string of the molecule is COc1cc(/C=N\Nc2ccccc2)ccc1OCC(=O)Nc1cccc(C)c1. The van der Waals surface area contributed by atoms with Gasteiger partial charge in [0.05, 0.1) is 19.0 Å². The van der Waals surface area contributed by atoms with Crippen molar-refractivity contribution >= 4 is 23.5 Å². The van der Waals surface area contributed by atoms with Crippen LogP contribution < -0.4 is 20.2 Å². The van der Waals surface area contributed by atoms with Gasteiger partial charge < -0.3 is 14.8 Å². The molecular weight excluding hydrogens is 366 g/mol. The lowest BCUT2D eigenvalue weighted by Gasteiger charge is -2.11. The van der Waals surface area contributed by atoms with Crippen molar-refractivity contribution in [3.05, 3.63) is 83.9 Å². The van der Waals surface area contributed by atoms with Crippen LogP contribution in [0.3, 0.4) is 0 Å². The molecule has 6 nitrogen and oxygen atoms in total. The van der Waals surface area contributed by atoms with E-state index in [1.165, 1.54) is 0 Å². The minimum absolute atomic E-state index is 0.118. The van der Waals surface area contributed by atoms with Gasteiger partial charge in [0.2, 0.25) is 0 Å². The Morgan fingerprint density at radius 1 is 0.966 bits per heavy atom. The van der Waals surface area contributed by atoms with Crippen molar-refractivity contribution in [3.63, 3.8) is 0 Å². The number of aryl methyl sites for hydroxylation is 1. The van der Waals surface area contributed by atoms with Gasteiger partial charge in [0, 0.05) is 5.69 Å². The zero-order valence-electron chi connectivity index (χ0n) is 16.4. The molecule has 3 aromatic rings. The van der Waals surface area contributed by atoms with Crippen LogP contribution >= 0.6 is 0 Å². The van der Waals surface area contributed by atoms with Crippen LogP contribution in [0.4, 0.5) is 11.4 Å². The zero-order valence-corrected chi connectivity index (χ0v) is 16.4. The second kappa shape index (κ2) is 9.94. The molecule has 0 bridgehead atoms. The Balaban J connectivity index is 1.57. The third kappa shape index (κ3) is 6.10. The molecule has 3 rings (SSSR count). The number of methoxy groups -OCH3 is 1. The van der Waals surface area contributed by atoms with Gasteiger partial charge in [-0.15, -0.1) is 0 Å². The number of nitrogens with zero attached hydrogens (tertiary/aromatic N) is 1. The molecule has 0 atom stereocenters. The molecule has 0 heterocycles. The van der Waals surface area contributed by atoms with Gasteiger partial charge in [-0.25, -0.2) is 0 Å². The van der Waals surface area contributed by atoms with E-state index in [9.17, 15) is 4.79 Å². The molecule has 0 aromatic heterocycles. The van der Waals surface area contributed by atoms with E-state index in [1.54, 1.807) is 25.5 Å². The number of anilines is 2. The molecule has 0 spiro atoms. The lowest BCUT2D eigenvalue weighted by atomic mass is 10.2. The highest BCUT2D eigenvalue weighted by Crippen LogP contribution is 2.27. The average Bonchev–Trinajstić information content (AvgIpc) is 2.73. The van der Waals surface area contributed by atoms with Crippen LogP contribution in [-0.4, -0.2) is 25.8 Å². The molecule has 0 aliphatic carbocycles. The van der Waals surface area contributed by atoms with Crippen LogP contribution in [-0.2, 0) is 4.79 Å². The van der Waals surface area contributed by atoms with Crippen molar-refractivity contribution in [2.24, 2.45) is 5.10 Å². The number of hydrazone groups is 1. The molecule has 0 aliphatic heterocycles. The minimum Gasteiger partial charge on any atom is -0.493 e. The highest BCUT2D eigenvalue weighted by molar-refractivity contribution is 5.92. The summed E-state index contributed by atoms with van der Waals surface area (Å²) in [5, 5.41) is 7.02. The molecule has 0 saturated carbocycles. The van der Waals surface area contributed by atoms with E-state index in [2.05, 4.69) is 15.8 Å². The van der Waals surface area contributed by atoms with E-state index >= 15 is 0 Å². The van der Waals surface area contributed by atoms with E-state index in [-0.39, 0.29) is 12.5 Å². The number of hydrogen-bond donors (Lipinski definition) is 2. The molecule has 148 valence electrons. The highest BCUT2D eigenvalue weighted by Gasteiger charge is 2.09. The van der Waals surface area contributed by atoms with Crippen molar-refractivity contribution < 1.29 is 14.3 Å². The van der Waals surface area contributed by atoms with Crippen LogP contribution in [0.5, 0.6) is 11.5 Å². The van der Waals surface area contributed by atoms with E-state index in [1.807, 2.05) is 67.6 Å². The molecule has 0 saturated heterocycles. The van der Waals surface area contributed by atoms with Crippen molar-refractivity contribution in [3.8, 4) is 11.5 Å². The molecule has 3 aromatic carbocycles. The largest absolute Gasteiger partial charge is 0.493 e. The Bertz CT molecular complexity index is 988. The second-order valence-electron chi connectivity index (χ2n) is 6.35. The van der Waals surface area contributed by atoms with Crippen LogP contribution in [0.15, 0.2) is 77.9 Å². The summed E-state index contributed by atoms with van der Waals surface area (Å²) in [6, 6.07) is 22.6. The van der Waals surface area contributed by atoms with Gasteiger partial charge in [0.1, 0.15) is 0 Å². The predicted octanol–water partition coefficient (Wildman–Crippen LogP) is 4.47. The summed E-state index contributed by atoms with van der Waals surface area (Å²) in [4.78, 5) is 12.1. The quantitative estimate of drug-likeness (QED) is 0.441. The molecule has 0 unspecified atom stereocenters. The summed E-state index contributed by atoms with van der Waals surface area (Å²) in [6.07, 6.45) is 1.68. The summed E-state index contributed by atoms with van der Waals surface area (Å²) >= 11 is 0.